The Kier molecular flexibility index (Phi) is 8.86. The number of ether oxygens (including phenoxy) is 2. The number of nitrogens with zero attached hydrogens (tertiary/aromatic N) is 1. The summed E-state index contributed by atoms with van der Waals surface area (Å²) in [6.45, 7) is 11.7. The van der Waals surface area contributed by atoms with Crippen LogP contribution in [0.4, 0.5) is 4.79 Å². The summed E-state index contributed by atoms with van der Waals surface area (Å²) >= 11 is 0. The van der Waals surface area contributed by atoms with Gasteiger partial charge in [-0.1, -0.05) is 0 Å². The van der Waals surface area contributed by atoms with Crippen molar-refractivity contribution in [3.05, 3.63) is 29.8 Å². The van der Waals surface area contributed by atoms with Crippen molar-refractivity contribution in [3.63, 3.8) is 0 Å². The van der Waals surface area contributed by atoms with Crippen molar-refractivity contribution >= 4 is 17.8 Å². The maximum Gasteiger partial charge on any atom is 0.408 e. The molecule has 2 N–H and O–H groups in total. The van der Waals surface area contributed by atoms with Gasteiger partial charge in [-0.25, -0.2) is 4.79 Å². The van der Waals surface area contributed by atoms with Crippen LogP contribution < -0.4 is 15.4 Å². The second-order valence-corrected chi connectivity index (χ2v) is 8.95. The molecular formula is C23H35N3O5. The highest BCUT2D eigenvalue weighted by Crippen LogP contribution is 2.14. The van der Waals surface area contributed by atoms with Crippen molar-refractivity contribution < 1.29 is 23.9 Å². The van der Waals surface area contributed by atoms with Gasteiger partial charge in [0, 0.05) is 31.2 Å². The van der Waals surface area contributed by atoms with Crippen LogP contribution in [0, 0.1) is 0 Å². The number of hydrogen-bond acceptors (Lipinski definition) is 6. The zero-order chi connectivity index (χ0) is 23.0. The van der Waals surface area contributed by atoms with Crippen LogP contribution in [0.5, 0.6) is 5.75 Å². The first-order valence-corrected chi connectivity index (χ1v) is 10.8. The summed E-state index contributed by atoms with van der Waals surface area (Å²) in [4.78, 5) is 37.7. The number of carbonyl (C=O) groups excluding carboxylic acids is 3. The van der Waals surface area contributed by atoms with Gasteiger partial charge in [0.15, 0.2) is 5.78 Å². The number of amides is 2. The minimum Gasteiger partial charge on any atom is -0.494 e. The van der Waals surface area contributed by atoms with Gasteiger partial charge in [-0.2, -0.15) is 0 Å². The van der Waals surface area contributed by atoms with Crippen LogP contribution in [-0.4, -0.2) is 66.6 Å². The zero-order valence-electron chi connectivity index (χ0n) is 19.2. The van der Waals surface area contributed by atoms with Gasteiger partial charge in [0.1, 0.15) is 17.4 Å². The van der Waals surface area contributed by atoms with Crippen LogP contribution in [-0.2, 0) is 9.53 Å². The van der Waals surface area contributed by atoms with Crippen molar-refractivity contribution in [2.75, 3.05) is 26.2 Å². The number of Topliss-reactive ketones (excluding diaryl/α,β-unsaturated/α-hetero) is 1. The van der Waals surface area contributed by atoms with Gasteiger partial charge in [-0.3, -0.25) is 9.59 Å². The Balaban J connectivity index is 1.63. The maximum atomic E-state index is 12.3. The molecule has 0 spiro atoms. The van der Waals surface area contributed by atoms with Crippen LogP contribution in [0.3, 0.4) is 0 Å². The van der Waals surface area contributed by atoms with Crippen LogP contribution in [0.15, 0.2) is 24.3 Å². The van der Waals surface area contributed by atoms with Crippen molar-refractivity contribution in [3.8, 4) is 5.75 Å². The molecule has 8 heteroatoms. The number of likely N-dealkylation sites (tertiary alicyclic amines) is 1. The molecule has 1 saturated heterocycles. The van der Waals surface area contributed by atoms with E-state index in [2.05, 4.69) is 15.5 Å². The Labute approximate surface area is 184 Å². The first kappa shape index (κ1) is 24.7. The van der Waals surface area contributed by atoms with Gasteiger partial charge in [-0.15, -0.1) is 0 Å². The van der Waals surface area contributed by atoms with Crippen LogP contribution in [0.25, 0.3) is 0 Å². The number of ketones is 1. The summed E-state index contributed by atoms with van der Waals surface area (Å²) < 4.78 is 10.9. The molecule has 0 unspecified atom stereocenters. The Hall–Kier alpha value is -2.61. The molecule has 0 radical (unpaired) electrons. The lowest BCUT2D eigenvalue weighted by Gasteiger charge is -2.22. The fourth-order valence-corrected chi connectivity index (χ4v) is 3.29. The third kappa shape index (κ3) is 8.96. The first-order chi connectivity index (χ1) is 14.5. The molecule has 2 atom stereocenters. The van der Waals surface area contributed by atoms with Gasteiger partial charge >= 0.3 is 6.09 Å². The second-order valence-electron chi connectivity index (χ2n) is 8.95. The zero-order valence-corrected chi connectivity index (χ0v) is 19.2. The monoisotopic (exact) mass is 433 g/mol. The number of hydrogen-bond donors (Lipinski definition) is 2. The Morgan fingerprint density at radius 2 is 1.87 bits per heavy atom. The lowest BCUT2D eigenvalue weighted by atomic mass is 10.1. The highest BCUT2D eigenvalue weighted by molar-refractivity contribution is 5.94. The molecule has 0 aliphatic carbocycles. The molecule has 0 bridgehead atoms. The fourth-order valence-electron chi connectivity index (χ4n) is 3.29. The molecule has 2 rings (SSSR count). The summed E-state index contributed by atoms with van der Waals surface area (Å²) in [5.74, 6) is 0.579. The molecule has 31 heavy (non-hydrogen) atoms. The fraction of sp³-hybridized carbons (Fsp3) is 0.609. The summed E-state index contributed by atoms with van der Waals surface area (Å²) in [6.07, 6.45) is 1.14. The topological polar surface area (TPSA) is 97.0 Å². The minimum absolute atomic E-state index is 0.0391. The van der Waals surface area contributed by atoms with Crippen LogP contribution in [0.1, 0.15) is 57.8 Å². The Morgan fingerprint density at radius 3 is 2.48 bits per heavy atom. The molecule has 1 heterocycles. The van der Waals surface area contributed by atoms with Gasteiger partial charge in [0.2, 0.25) is 5.91 Å². The average molecular weight is 434 g/mol. The SMILES string of the molecule is CC(=O)c1ccc(OCCCN2CC[C@H](NC(=O)[C@H](C)NC(=O)OC(C)(C)C)C2)cc1. The predicted octanol–water partition coefficient (Wildman–Crippen LogP) is 2.76. The van der Waals surface area contributed by atoms with Gasteiger partial charge in [0.05, 0.1) is 6.61 Å². The van der Waals surface area contributed by atoms with Crippen molar-refractivity contribution in [1.29, 1.82) is 0 Å². The summed E-state index contributed by atoms with van der Waals surface area (Å²) in [5, 5.41) is 5.56. The normalized spacial score (nSPS) is 17.6. The summed E-state index contributed by atoms with van der Waals surface area (Å²) in [6, 6.07) is 6.56. The smallest absolute Gasteiger partial charge is 0.408 e. The first-order valence-electron chi connectivity index (χ1n) is 10.8. The van der Waals surface area contributed by atoms with Crippen molar-refractivity contribution in [2.45, 2.75) is 65.1 Å². The van der Waals surface area contributed by atoms with Crippen LogP contribution in [0.2, 0.25) is 0 Å². The van der Waals surface area contributed by atoms with Gasteiger partial charge in [0.25, 0.3) is 0 Å². The van der Waals surface area contributed by atoms with E-state index in [0.717, 1.165) is 38.2 Å². The van der Waals surface area contributed by atoms with E-state index in [1.165, 1.54) is 0 Å². The maximum absolute atomic E-state index is 12.3. The molecule has 1 fully saturated rings. The Bertz CT molecular complexity index is 757. The van der Waals surface area contributed by atoms with E-state index in [1.807, 2.05) is 12.1 Å². The highest BCUT2D eigenvalue weighted by atomic mass is 16.6. The third-order valence-electron chi connectivity index (χ3n) is 4.89. The molecule has 0 saturated carbocycles. The van der Waals surface area contributed by atoms with E-state index in [4.69, 9.17) is 9.47 Å². The lowest BCUT2D eigenvalue weighted by molar-refractivity contribution is -0.123. The molecule has 1 aromatic rings. The number of alkyl carbamates (subject to hydrolysis) is 1. The molecule has 2 amide bonds. The second kappa shape index (κ2) is 11.1. The van der Waals surface area contributed by atoms with Crippen LogP contribution >= 0.6 is 0 Å². The minimum atomic E-state index is -0.660. The lowest BCUT2D eigenvalue weighted by Crippen LogP contribution is -2.49. The largest absolute Gasteiger partial charge is 0.494 e. The summed E-state index contributed by atoms with van der Waals surface area (Å²) in [5.41, 5.74) is 0.0710. The number of benzene rings is 1. The van der Waals surface area contributed by atoms with E-state index >= 15 is 0 Å². The predicted molar refractivity (Wildman–Crippen MR) is 118 cm³/mol. The van der Waals surface area contributed by atoms with E-state index < -0.39 is 17.7 Å². The molecule has 0 aromatic heterocycles. The van der Waals surface area contributed by atoms with Crippen molar-refractivity contribution in [1.82, 2.24) is 15.5 Å². The average Bonchev–Trinajstić information content (AvgIpc) is 3.11. The van der Waals surface area contributed by atoms with E-state index in [-0.39, 0.29) is 17.7 Å². The summed E-state index contributed by atoms with van der Waals surface area (Å²) in [7, 11) is 0. The van der Waals surface area contributed by atoms with E-state index in [1.54, 1.807) is 46.8 Å². The Morgan fingerprint density at radius 1 is 1.19 bits per heavy atom. The highest BCUT2D eigenvalue weighted by Gasteiger charge is 2.26. The van der Waals surface area contributed by atoms with Gasteiger partial charge in [-0.05, 0) is 71.7 Å². The number of nitrogens with one attached hydrogen (secondary N) is 2. The third-order valence-corrected chi connectivity index (χ3v) is 4.89. The molecule has 1 aromatic carbocycles. The quantitative estimate of drug-likeness (QED) is 0.459. The number of carbonyl (C=O) groups is 3. The standard InChI is InChI=1S/C23H35N3O5/c1-16(24-22(29)31-23(3,4)5)21(28)25-19-11-13-26(15-19)12-6-14-30-20-9-7-18(8-10-20)17(2)27/h7-10,16,19H,6,11-15H2,1-5H3,(H,24,29)(H,25,28)/t16-,19-/m0/s1. The van der Waals surface area contributed by atoms with E-state index in [9.17, 15) is 14.4 Å². The van der Waals surface area contributed by atoms with Gasteiger partial charge < -0.3 is 25.0 Å². The number of rotatable bonds is 9. The molecule has 172 valence electrons. The van der Waals surface area contributed by atoms with Crippen molar-refractivity contribution in [2.24, 2.45) is 0 Å². The molecular weight excluding hydrogens is 398 g/mol. The molecule has 1 aliphatic rings. The van der Waals surface area contributed by atoms with E-state index in [0.29, 0.717) is 12.2 Å². The molecule has 8 nitrogen and oxygen atoms in total. The molecule has 1 aliphatic heterocycles.